The molecule has 0 radical (unpaired) electrons. The Balaban J connectivity index is 4.38. The van der Waals surface area contributed by atoms with Gasteiger partial charge in [-0.05, 0) is 13.8 Å². The molecule has 0 rings (SSSR count). The molecule has 0 fully saturated rings. The molecule has 10 heavy (non-hydrogen) atoms. The smallest absolute Gasteiger partial charge is 0.251 e. The molecule has 0 spiro atoms. The molecule has 2 nitrogen and oxygen atoms in total. The lowest BCUT2D eigenvalue weighted by molar-refractivity contribution is -0.124. The van der Waals surface area contributed by atoms with Gasteiger partial charge in [-0.15, -0.1) is 0 Å². The molecular formula is C7H12FNO. The van der Waals surface area contributed by atoms with Gasteiger partial charge in [0.05, 0.1) is 0 Å². The van der Waals surface area contributed by atoms with E-state index in [1.165, 1.54) is 18.7 Å². The summed E-state index contributed by atoms with van der Waals surface area (Å²) >= 11 is 0. The summed E-state index contributed by atoms with van der Waals surface area (Å²) < 4.78 is 12.3. The average molecular weight is 145 g/mol. The summed E-state index contributed by atoms with van der Waals surface area (Å²) in [7, 11) is 3.18. The van der Waals surface area contributed by atoms with Crippen molar-refractivity contribution in [1.82, 2.24) is 4.90 Å². The molecule has 0 bridgehead atoms. The Morgan fingerprint density at radius 2 is 1.70 bits per heavy atom. The SMILES string of the molecule is C/C(F)=C(\C)C(=O)N(C)C. The van der Waals surface area contributed by atoms with Gasteiger partial charge in [-0.2, -0.15) is 0 Å². The largest absolute Gasteiger partial charge is 0.345 e. The molecule has 0 N–H and O–H groups in total. The highest BCUT2D eigenvalue weighted by Crippen LogP contribution is 2.05. The second-order valence-corrected chi connectivity index (χ2v) is 2.36. The predicted molar refractivity (Wildman–Crippen MR) is 38.2 cm³/mol. The van der Waals surface area contributed by atoms with E-state index in [2.05, 4.69) is 0 Å². The molecule has 1 amide bonds. The maximum atomic E-state index is 12.3. The minimum atomic E-state index is -0.418. The zero-order valence-corrected chi connectivity index (χ0v) is 6.73. The minimum Gasteiger partial charge on any atom is -0.345 e. The van der Waals surface area contributed by atoms with E-state index in [0.717, 1.165) is 0 Å². The van der Waals surface area contributed by atoms with Gasteiger partial charge in [-0.3, -0.25) is 4.79 Å². The van der Waals surface area contributed by atoms with Crippen molar-refractivity contribution < 1.29 is 9.18 Å². The van der Waals surface area contributed by atoms with Gasteiger partial charge in [-0.1, -0.05) is 0 Å². The second-order valence-electron chi connectivity index (χ2n) is 2.36. The van der Waals surface area contributed by atoms with Crippen LogP contribution in [0.1, 0.15) is 13.8 Å². The van der Waals surface area contributed by atoms with E-state index in [-0.39, 0.29) is 11.5 Å². The Kier molecular flexibility index (Phi) is 3.06. The van der Waals surface area contributed by atoms with Crippen LogP contribution in [0.25, 0.3) is 0 Å². The van der Waals surface area contributed by atoms with Crippen LogP contribution < -0.4 is 0 Å². The number of carbonyl (C=O) groups is 1. The number of nitrogens with zero attached hydrogens (tertiary/aromatic N) is 1. The number of hydrogen-bond acceptors (Lipinski definition) is 1. The van der Waals surface area contributed by atoms with Gasteiger partial charge in [0.25, 0.3) is 5.91 Å². The highest BCUT2D eigenvalue weighted by Gasteiger charge is 2.08. The lowest BCUT2D eigenvalue weighted by atomic mass is 10.2. The van der Waals surface area contributed by atoms with Crippen LogP contribution in [0.5, 0.6) is 0 Å². The van der Waals surface area contributed by atoms with Crippen LogP contribution in [0.3, 0.4) is 0 Å². The molecule has 58 valence electrons. The summed E-state index contributed by atoms with van der Waals surface area (Å²) in [5, 5.41) is 0. The summed E-state index contributed by atoms with van der Waals surface area (Å²) in [5.74, 6) is -0.696. The Morgan fingerprint density at radius 3 is 1.80 bits per heavy atom. The lowest BCUT2D eigenvalue weighted by Gasteiger charge is -2.09. The Labute approximate surface area is 60.3 Å². The van der Waals surface area contributed by atoms with Crippen LogP contribution in [-0.4, -0.2) is 24.9 Å². The fraction of sp³-hybridized carbons (Fsp3) is 0.571. The van der Waals surface area contributed by atoms with Crippen molar-refractivity contribution in [3.05, 3.63) is 11.4 Å². The van der Waals surface area contributed by atoms with Crippen molar-refractivity contribution in [2.24, 2.45) is 0 Å². The molecule has 0 unspecified atom stereocenters. The normalized spacial score (nSPS) is 12.5. The van der Waals surface area contributed by atoms with E-state index in [1.807, 2.05) is 0 Å². The van der Waals surface area contributed by atoms with Crippen LogP contribution in [0.4, 0.5) is 4.39 Å². The number of allylic oxidation sites excluding steroid dienone is 1. The molecule has 0 saturated carbocycles. The van der Waals surface area contributed by atoms with Crippen molar-refractivity contribution in [3.8, 4) is 0 Å². The topological polar surface area (TPSA) is 20.3 Å². The Bertz CT molecular complexity index is 168. The van der Waals surface area contributed by atoms with E-state index in [4.69, 9.17) is 0 Å². The van der Waals surface area contributed by atoms with E-state index >= 15 is 0 Å². The van der Waals surface area contributed by atoms with Gasteiger partial charge in [0.15, 0.2) is 0 Å². The van der Waals surface area contributed by atoms with Crippen molar-refractivity contribution >= 4 is 5.91 Å². The molecular weight excluding hydrogens is 133 g/mol. The molecule has 0 heterocycles. The van der Waals surface area contributed by atoms with Crippen LogP contribution in [0.2, 0.25) is 0 Å². The van der Waals surface area contributed by atoms with Gasteiger partial charge < -0.3 is 4.90 Å². The summed E-state index contributed by atoms with van der Waals surface area (Å²) in [6.07, 6.45) is 0. The van der Waals surface area contributed by atoms with Crippen molar-refractivity contribution in [3.63, 3.8) is 0 Å². The number of carbonyl (C=O) groups excluding carboxylic acids is 1. The van der Waals surface area contributed by atoms with Crippen LogP contribution in [0, 0.1) is 0 Å². The third-order valence-electron chi connectivity index (χ3n) is 1.24. The number of hydrogen-bond donors (Lipinski definition) is 0. The summed E-state index contributed by atoms with van der Waals surface area (Å²) in [4.78, 5) is 12.3. The maximum Gasteiger partial charge on any atom is 0.251 e. The first-order valence-electron chi connectivity index (χ1n) is 3.01. The number of likely N-dealkylation sites (N-methyl/N-ethyl adjacent to an activating group) is 1. The molecule has 0 aromatic carbocycles. The molecule has 0 aromatic heterocycles. The molecule has 3 heteroatoms. The van der Waals surface area contributed by atoms with Crippen LogP contribution in [0.15, 0.2) is 11.4 Å². The molecule has 0 aliphatic carbocycles. The zero-order chi connectivity index (χ0) is 8.31. The fourth-order valence-corrected chi connectivity index (χ4v) is 0.483. The van der Waals surface area contributed by atoms with E-state index < -0.39 is 5.83 Å². The first kappa shape index (κ1) is 9.14. The van der Waals surface area contributed by atoms with Gasteiger partial charge in [0.2, 0.25) is 0 Å². The third kappa shape index (κ3) is 2.17. The van der Waals surface area contributed by atoms with Crippen LogP contribution in [-0.2, 0) is 4.79 Å². The number of halogens is 1. The molecule has 0 atom stereocenters. The van der Waals surface area contributed by atoms with Gasteiger partial charge in [-0.25, -0.2) is 4.39 Å². The molecule has 0 aromatic rings. The molecule has 0 aliphatic heterocycles. The van der Waals surface area contributed by atoms with Crippen molar-refractivity contribution in [1.29, 1.82) is 0 Å². The zero-order valence-electron chi connectivity index (χ0n) is 6.73. The van der Waals surface area contributed by atoms with Gasteiger partial charge in [0.1, 0.15) is 5.83 Å². The quantitative estimate of drug-likeness (QED) is 0.510. The van der Waals surface area contributed by atoms with E-state index in [0.29, 0.717) is 0 Å². The number of rotatable bonds is 1. The van der Waals surface area contributed by atoms with E-state index in [9.17, 15) is 9.18 Å². The van der Waals surface area contributed by atoms with Crippen molar-refractivity contribution in [2.75, 3.05) is 14.1 Å². The van der Waals surface area contributed by atoms with Crippen LogP contribution >= 0.6 is 0 Å². The molecule has 0 aliphatic rings. The maximum absolute atomic E-state index is 12.3. The first-order chi connectivity index (χ1) is 4.46. The third-order valence-corrected chi connectivity index (χ3v) is 1.24. The second kappa shape index (κ2) is 3.34. The van der Waals surface area contributed by atoms with Crippen molar-refractivity contribution in [2.45, 2.75) is 13.8 Å². The summed E-state index contributed by atoms with van der Waals surface area (Å²) in [5.41, 5.74) is 0.171. The monoisotopic (exact) mass is 145 g/mol. The number of amides is 1. The Morgan fingerprint density at radius 1 is 1.30 bits per heavy atom. The highest BCUT2D eigenvalue weighted by molar-refractivity contribution is 5.92. The summed E-state index contributed by atoms with van der Waals surface area (Å²) in [6, 6.07) is 0. The van der Waals surface area contributed by atoms with Gasteiger partial charge in [0, 0.05) is 19.7 Å². The highest BCUT2D eigenvalue weighted by atomic mass is 19.1. The minimum absolute atomic E-state index is 0.171. The van der Waals surface area contributed by atoms with Gasteiger partial charge >= 0.3 is 0 Å². The van der Waals surface area contributed by atoms with E-state index in [1.54, 1.807) is 14.1 Å². The molecule has 0 saturated heterocycles. The lowest BCUT2D eigenvalue weighted by Crippen LogP contribution is -2.22. The first-order valence-corrected chi connectivity index (χ1v) is 3.01. The predicted octanol–water partition coefficient (Wildman–Crippen LogP) is 1.34. The standard InChI is InChI=1S/C7H12FNO/c1-5(6(2)8)7(10)9(3)4/h1-4H3/b6-5-. The Hall–Kier alpha value is -0.860. The summed E-state index contributed by atoms with van der Waals surface area (Å²) in [6.45, 7) is 2.74. The fourth-order valence-electron chi connectivity index (χ4n) is 0.483. The average Bonchev–Trinajstić information content (AvgIpc) is 1.84.